The summed E-state index contributed by atoms with van der Waals surface area (Å²) in [4.78, 5) is 16.5. The Hall–Kier alpha value is -4.65. The number of halogens is 3. The highest BCUT2D eigenvalue weighted by Crippen LogP contribution is 2.24. The molecule has 35 heavy (non-hydrogen) atoms. The maximum Gasteiger partial charge on any atom is 0.573 e. The first-order chi connectivity index (χ1) is 16.8. The normalized spacial score (nSPS) is 11.9. The summed E-state index contributed by atoms with van der Waals surface area (Å²) in [5, 5.41) is 13.6. The molecule has 0 fully saturated rings. The standard InChI is InChI=1S/C25H17F3N4O3/c26-25(27,28)35-21-12-10-20(11-13-21)32-16-30-24(31-32)19-8-6-17(7-9-19)14-23(33)34-22(15-29)18-4-2-1-3-5-18/h1-13,16,22H,14H2. The highest BCUT2D eigenvalue weighted by Gasteiger charge is 2.31. The number of carbonyl (C=O) groups excluding carboxylic acids is 1. The van der Waals surface area contributed by atoms with Gasteiger partial charge in [-0.1, -0.05) is 54.6 Å². The van der Waals surface area contributed by atoms with Gasteiger partial charge in [0.25, 0.3) is 0 Å². The number of hydrogen-bond acceptors (Lipinski definition) is 6. The number of nitriles is 1. The van der Waals surface area contributed by atoms with E-state index in [9.17, 15) is 23.2 Å². The number of aromatic nitrogens is 3. The molecule has 7 nitrogen and oxygen atoms in total. The lowest BCUT2D eigenvalue weighted by atomic mass is 10.1. The summed E-state index contributed by atoms with van der Waals surface area (Å²) < 4.78 is 47.5. The first-order valence-corrected chi connectivity index (χ1v) is 10.3. The van der Waals surface area contributed by atoms with Crippen LogP contribution in [0.2, 0.25) is 0 Å². The molecule has 0 saturated carbocycles. The van der Waals surface area contributed by atoms with Crippen molar-refractivity contribution in [3.8, 4) is 28.9 Å². The van der Waals surface area contributed by atoms with E-state index in [1.54, 1.807) is 48.5 Å². The summed E-state index contributed by atoms with van der Waals surface area (Å²) in [5.41, 5.74) is 2.46. The molecule has 1 atom stereocenters. The van der Waals surface area contributed by atoms with E-state index in [4.69, 9.17) is 4.74 Å². The molecule has 10 heteroatoms. The van der Waals surface area contributed by atoms with Gasteiger partial charge in [0.05, 0.1) is 12.1 Å². The molecule has 0 N–H and O–H groups in total. The lowest BCUT2D eigenvalue weighted by Gasteiger charge is -2.11. The maximum atomic E-state index is 12.3. The molecule has 4 rings (SSSR count). The van der Waals surface area contributed by atoms with Gasteiger partial charge in [-0.25, -0.2) is 9.67 Å². The lowest BCUT2D eigenvalue weighted by molar-refractivity contribution is -0.274. The zero-order chi connectivity index (χ0) is 24.8. The summed E-state index contributed by atoms with van der Waals surface area (Å²) in [5.74, 6) is -0.475. The van der Waals surface area contributed by atoms with E-state index in [-0.39, 0.29) is 12.2 Å². The number of hydrogen-bond donors (Lipinski definition) is 0. The number of rotatable bonds is 7. The molecular weight excluding hydrogens is 461 g/mol. The van der Waals surface area contributed by atoms with E-state index < -0.39 is 18.4 Å². The van der Waals surface area contributed by atoms with Crippen LogP contribution in [0, 0.1) is 11.3 Å². The fourth-order valence-corrected chi connectivity index (χ4v) is 3.23. The molecule has 1 heterocycles. The quantitative estimate of drug-likeness (QED) is 0.340. The summed E-state index contributed by atoms with van der Waals surface area (Å²) in [6.45, 7) is 0. The third-order valence-corrected chi connectivity index (χ3v) is 4.86. The fourth-order valence-electron chi connectivity index (χ4n) is 3.23. The van der Waals surface area contributed by atoms with Crippen LogP contribution < -0.4 is 4.74 Å². The van der Waals surface area contributed by atoms with Crippen LogP contribution in [0.1, 0.15) is 17.2 Å². The van der Waals surface area contributed by atoms with Gasteiger partial charge in [0.2, 0.25) is 6.10 Å². The van der Waals surface area contributed by atoms with Crippen LogP contribution in [0.4, 0.5) is 13.2 Å². The first kappa shape index (κ1) is 23.5. The molecule has 0 aliphatic carbocycles. The summed E-state index contributed by atoms with van der Waals surface area (Å²) >= 11 is 0. The van der Waals surface area contributed by atoms with E-state index in [1.807, 2.05) is 12.1 Å². The van der Waals surface area contributed by atoms with Gasteiger partial charge < -0.3 is 9.47 Å². The molecule has 0 aliphatic rings. The number of esters is 1. The van der Waals surface area contributed by atoms with Crippen molar-refractivity contribution in [3.05, 3.63) is 96.3 Å². The number of nitrogens with zero attached hydrogens (tertiary/aromatic N) is 4. The lowest BCUT2D eigenvalue weighted by Crippen LogP contribution is -2.17. The summed E-state index contributed by atoms with van der Waals surface area (Å²) in [6.07, 6.45) is -4.32. The third kappa shape index (κ3) is 6.23. The van der Waals surface area contributed by atoms with Gasteiger partial charge in [0.1, 0.15) is 18.1 Å². The Morgan fingerprint density at radius 3 is 2.31 bits per heavy atom. The van der Waals surface area contributed by atoms with Crippen LogP contribution >= 0.6 is 0 Å². The van der Waals surface area contributed by atoms with Crippen LogP contribution in [-0.4, -0.2) is 27.1 Å². The van der Waals surface area contributed by atoms with Crippen molar-refractivity contribution in [3.63, 3.8) is 0 Å². The monoisotopic (exact) mass is 478 g/mol. The zero-order valence-corrected chi connectivity index (χ0v) is 18.0. The topological polar surface area (TPSA) is 90.0 Å². The highest BCUT2D eigenvalue weighted by atomic mass is 19.4. The number of alkyl halides is 3. The summed E-state index contributed by atoms with van der Waals surface area (Å²) in [7, 11) is 0. The molecule has 0 bridgehead atoms. The second-order valence-corrected chi connectivity index (χ2v) is 7.34. The Morgan fingerprint density at radius 1 is 1.00 bits per heavy atom. The van der Waals surface area contributed by atoms with Gasteiger partial charge in [-0.3, -0.25) is 4.79 Å². The van der Waals surface area contributed by atoms with Crippen molar-refractivity contribution in [2.45, 2.75) is 18.9 Å². The summed E-state index contributed by atoms with van der Waals surface area (Å²) in [6, 6.07) is 22.9. The van der Waals surface area contributed by atoms with Gasteiger partial charge in [0, 0.05) is 11.1 Å². The van der Waals surface area contributed by atoms with Crippen molar-refractivity contribution in [2.24, 2.45) is 0 Å². The first-order valence-electron chi connectivity index (χ1n) is 10.3. The van der Waals surface area contributed by atoms with Gasteiger partial charge in [-0.2, -0.15) is 5.26 Å². The number of ether oxygens (including phenoxy) is 2. The maximum absolute atomic E-state index is 12.3. The molecule has 4 aromatic rings. The molecule has 0 aliphatic heterocycles. The van der Waals surface area contributed by atoms with Crippen molar-refractivity contribution in [1.82, 2.24) is 14.8 Å². The second kappa shape index (κ2) is 10.1. The molecule has 0 amide bonds. The number of benzene rings is 3. The SMILES string of the molecule is N#CC(OC(=O)Cc1ccc(-c2ncn(-c3ccc(OC(F)(F)F)cc3)n2)cc1)c1ccccc1. The molecular formula is C25H17F3N4O3. The van der Waals surface area contributed by atoms with E-state index in [1.165, 1.54) is 35.3 Å². The minimum absolute atomic E-state index is 0.0144. The van der Waals surface area contributed by atoms with Crippen LogP contribution in [0.5, 0.6) is 5.75 Å². The van der Waals surface area contributed by atoms with Crippen molar-refractivity contribution < 1.29 is 27.4 Å². The smallest absolute Gasteiger partial charge is 0.442 e. The van der Waals surface area contributed by atoms with Crippen LogP contribution in [-0.2, 0) is 16.0 Å². The highest BCUT2D eigenvalue weighted by molar-refractivity contribution is 5.73. The molecule has 1 aromatic heterocycles. The Balaban J connectivity index is 1.39. The zero-order valence-electron chi connectivity index (χ0n) is 18.0. The van der Waals surface area contributed by atoms with E-state index in [0.29, 0.717) is 28.2 Å². The number of carbonyl (C=O) groups is 1. The molecule has 1 unspecified atom stereocenters. The predicted molar refractivity (Wildman–Crippen MR) is 118 cm³/mol. The minimum Gasteiger partial charge on any atom is -0.442 e. The fraction of sp³-hybridized carbons (Fsp3) is 0.120. The Bertz CT molecular complexity index is 1330. The average Bonchev–Trinajstić information content (AvgIpc) is 3.33. The Morgan fingerprint density at radius 2 is 1.69 bits per heavy atom. The van der Waals surface area contributed by atoms with E-state index in [2.05, 4.69) is 14.8 Å². The van der Waals surface area contributed by atoms with Crippen LogP contribution in [0.25, 0.3) is 17.1 Å². The molecule has 0 radical (unpaired) electrons. The largest absolute Gasteiger partial charge is 0.573 e. The molecule has 3 aromatic carbocycles. The van der Waals surface area contributed by atoms with Crippen LogP contribution in [0.3, 0.4) is 0 Å². The Kier molecular flexibility index (Phi) is 6.78. The predicted octanol–water partition coefficient (Wildman–Crippen LogP) is 5.18. The van der Waals surface area contributed by atoms with Gasteiger partial charge >= 0.3 is 12.3 Å². The van der Waals surface area contributed by atoms with Gasteiger partial charge in [-0.05, 0) is 29.8 Å². The van der Waals surface area contributed by atoms with Crippen molar-refractivity contribution in [2.75, 3.05) is 0 Å². The van der Waals surface area contributed by atoms with Gasteiger partial charge in [0.15, 0.2) is 5.82 Å². The second-order valence-electron chi connectivity index (χ2n) is 7.34. The van der Waals surface area contributed by atoms with E-state index >= 15 is 0 Å². The van der Waals surface area contributed by atoms with Crippen LogP contribution in [0.15, 0.2) is 85.2 Å². The molecule has 0 saturated heterocycles. The van der Waals surface area contributed by atoms with E-state index in [0.717, 1.165) is 0 Å². The Labute approximate surface area is 198 Å². The third-order valence-electron chi connectivity index (χ3n) is 4.86. The average molecular weight is 478 g/mol. The van der Waals surface area contributed by atoms with Crippen molar-refractivity contribution in [1.29, 1.82) is 5.26 Å². The van der Waals surface area contributed by atoms with Gasteiger partial charge in [-0.15, -0.1) is 18.3 Å². The minimum atomic E-state index is -4.76. The van der Waals surface area contributed by atoms with Crippen molar-refractivity contribution >= 4 is 5.97 Å². The molecule has 0 spiro atoms. The molecule has 176 valence electrons.